The van der Waals surface area contributed by atoms with Crippen molar-refractivity contribution in [3.8, 4) is 17.1 Å². The van der Waals surface area contributed by atoms with Crippen LogP contribution in [-0.2, 0) is 0 Å². The summed E-state index contributed by atoms with van der Waals surface area (Å²) < 4.78 is 1.38. The number of hydrogen-bond donors (Lipinski definition) is 2. The van der Waals surface area contributed by atoms with Crippen LogP contribution < -0.4 is 5.69 Å². The maximum absolute atomic E-state index is 11.7. The number of pyridine rings is 1. The van der Waals surface area contributed by atoms with Gasteiger partial charge < -0.3 is 10.1 Å². The Hall–Kier alpha value is -2.24. The lowest BCUT2D eigenvalue weighted by Crippen LogP contribution is -2.15. The van der Waals surface area contributed by atoms with Crippen LogP contribution in [0.1, 0.15) is 23.9 Å². The first kappa shape index (κ1) is 15.3. The first-order valence-electron chi connectivity index (χ1n) is 7.45. The highest BCUT2D eigenvalue weighted by atomic mass is 35.5. The van der Waals surface area contributed by atoms with Gasteiger partial charge in [-0.15, -0.1) is 0 Å². The number of aromatic amines is 1. The first-order valence-corrected chi connectivity index (χ1v) is 8.21. The predicted octanol–water partition coefficient (Wildman–Crippen LogP) is 3.98. The molecule has 1 fully saturated rings. The number of aromatic hydroxyl groups is 1. The lowest BCUT2D eigenvalue weighted by atomic mass is 10.1. The van der Waals surface area contributed by atoms with Crippen molar-refractivity contribution in [1.29, 1.82) is 0 Å². The third kappa shape index (κ3) is 2.50. The standard InChI is InChI=1S/C17H13Cl2N3O2/c18-12-3-1-2-10(16(12)19)13-5-4-9(7-20-13)11-6-14(11)22-15(23)8-21-17(22)24/h1-5,7-8,11,14,23H,6H2,(H,21,24)/t11-,14+/m1/s1. The number of imidazole rings is 1. The topological polar surface area (TPSA) is 70.9 Å². The molecule has 7 heteroatoms. The Morgan fingerprint density at radius 3 is 2.75 bits per heavy atom. The molecule has 2 N–H and O–H groups in total. The second-order valence-electron chi connectivity index (χ2n) is 5.81. The van der Waals surface area contributed by atoms with Crippen LogP contribution in [-0.4, -0.2) is 19.6 Å². The van der Waals surface area contributed by atoms with Crippen molar-refractivity contribution >= 4 is 23.2 Å². The zero-order chi connectivity index (χ0) is 16.8. The number of H-pyrrole nitrogens is 1. The molecule has 3 aromatic rings. The van der Waals surface area contributed by atoms with Crippen molar-refractivity contribution in [2.75, 3.05) is 0 Å². The van der Waals surface area contributed by atoms with Crippen molar-refractivity contribution < 1.29 is 5.11 Å². The zero-order valence-corrected chi connectivity index (χ0v) is 13.9. The fourth-order valence-corrected chi connectivity index (χ4v) is 3.40. The molecule has 0 saturated heterocycles. The molecule has 4 rings (SSSR count). The summed E-state index contributed by atoms with van der Waals surface area (Å²) in [6, 6.07) is 9.26. The van der Waals surface area contributed by atoms with Gasteiger partial charge in [-0.3, -0.25) is 9.55 Å². The van der Waals surface area contributed by atoms with Gasteiger partial charge in [-0.25, -0.2) is 4.79 Å². The molecule has 1 saturated carbocycles. The van der Waals surface area contributed by atoms with E-state index in [-0.39, 0.29) is 23.5 Å². The first-order chi connectivity index (χ1) is 11.6. The fraction of sp³-hybridized carbons (Fsp3) is 0.176. The lowest BCUT2D eigenvalue weighted by Gasteiger charge is -2.07. The molecule has 0 amide bonds. The van der Waals surface area contributed by atoms with E-state index in [2.05, 4.69) is 9.97 Å². The van der Waals surface area contributed by atoms with Crippen LogP contribution in [0.15, 0.2) is 47.5 Å². The molecule has 2 atom stereocenters. The van der Waals surface area contributed by atoms with Crippen molar-refractivity contribution in [1.82, 2.24) is 14.5 Å². The summed E-state index contributed by atoms with van der Waals surface area (Å²) in [7, 11) is 0. The monoisotopic (exact) mass is 361 g/mol. The second kappa shape index (κ2) is 5.69. The average Bonchev–Trinajstić information content (AvgIpc) is 3.29. The summed E-state index contributed by atoms with van der Waals surface area (Å²) in [5, 5.41) is 10.7. The van der Waals surface area contributed by atoms with E-state index in [9.17, 15) is 9.90 Å². The van der Waals surface area contributed by atoms with Crippen LogP contribution in [0.4, 0.5) is 0 Å². The molecular weight excluding hydrogens is 349 g/mol. The summed E-state index contributed by atoms with van der Waals surface area (Å²) in [4.78, 5) is 18.7. The van der Waals surface area contributed by atoms with Crippen molar-refractivity contribution in [3.05, 3.63) is 68.8 Å². The number of rotatable bonds is 3. The van der Waals surface area contributed by atoms with Gasteiger partial charge in [0, 0.05) is 23.7 Å². The third-order valence-electron chi connectivity index (χ3n) is 4.32. The second-order valence-corrected chi connectivity index (χ2v) is 6.59. The van der Waals surface area contributed by atoms with Crippen LogP contribution in [0.2, 0.25) is 10.0 Å². The molecule has 1 aromatic carbocycles. The third-order valence-corrected chi connectivity index (χ3v) is 5.14. The Kier molecular flexibility index (Phi) is 3.62. The Bertz CT molecular complexity index is 963. The largest absolute Gasteiger partial charge is 0.493 e. The molecule has 0 spiro atoms. The highest BCUT2D eigenvalue weighted by molar-refractivity contribution is 6.43. The van der Waals surface area contributed by atoms with Gasteiger partial charge in [0.15, 0.2) is 0 Å². The molecule has 1 aliphatic carbocycles. The molecular formula is C17H13Cl2N3O2. The fourth-order valence-electron chi connectivity index (χ4n) is 3.00. The van der Waals surface area contributed by atoms with Crippen LogP contribution in [0, 0.1) is 0 Å². The van der Waals surface area contributed by atoms with E-state index in [1.54, 1.807) is 12.3 Å². The van der Waals surface area contributed by atoms with Gasteiger partial charge in [0.2, 0.25) is 5.88 Å². The Balaban J connectivity index is 1.60. The molecule has 122 valence electrons. The highest BCUT2D eigenvalue weighted by Gasteiger charge is 2.42. The molecule has 24 heavy (non-hydrogen) atoms. The number of nitrogens with one attached hydrogen (secondary N) is 1. The van der Waals surface area contributed by atoms with E-state index < -0.39 is 0 Å². The Morgan fingerprint density at radius 1 is 1.25 bits per heavy atom. The number of aromatic nitrogens is 3. The van der Waals surface area contributed by atoms with Gasteiger partial charge in [-0.05, 0) is 24.1 Å². The Labute approximate surface area is 147 Å². The van der Waals surface area contributed by atoms with Gasteiger partial charge in [0.25, 0.3) is 0 Å². The van der Waals surface area contributed by atoms with Crippen LogP contribution in [0.25, 0.3) is 11.3 Å². The highest BCUT2D eigenvalue weighted by Crippen LogP contribution is 2.51. The van der Waals surface area contributed by atoms with Crippen LogP contribution in [0.3, 0.4) is 0 Å². The van der Waals surface area contributed by atoms with Gasteiger partial charge in [-0.2, -0.15) is 0 Å². The van der Waals surface area contributed by atoms with Gasteiger partial charge in [-0.1, -0.05) is 41.4 Å². The lowest BCUT2D eigenvalue weighted by molar-refractivity contribution is 0.413. The van der Waals surface area contributed by atoms with E-state index in [1.165, 1.54) is 10.8 Å². The van der Waals surface area contributed by atoms with Crippen molar-refractivity contribution in [2.24, 2.45) is 0 Å². The summed E-state index contributed by atoms with van der Waals surface area (Å²) in [5.74, 6) is 0.128. The minimum atomic E-state index is -0.296. The van der Waals surface area contributed by atoms with E-state index in [4.69, 9.17) is 23.2 Å². The van der Waals surface area contributed by atoms with Crippen LogP contribution in [0.5, 0.6) is 5.88 Å². The molecule has 0 bridgehead atoms. The number of benzene rings is 1. The predicted molar refractivity (Wildman–Crippen MR) is 92.8 cm³/mol. The number of halogens is 2. The van der Waals surface area contributed by atoms with E-state index in [0.717, 1.165) is 23.2 Å². The minimum absolute atomic E-state index is 0.0360. The molecule has 1 aliphatic rings. The quantitative estimate of drug-likeness (QED) is 0.740. The van der Waals surface area contributed by atoms with Crippen molar-refractivity contribution in [3.63, 3.8) is 0 Å². The Morgan fingerprint density at radius 2 is 2.08 bits per heavy atom. The normalized spacial score (nSPS) is 19.4. The van der Waals surface area contributed by atoms with Gasteiger partial charge in [0.05, 0.1) is 21.9 Å². The van der Waals surface area contributed by atoms with E-state index in [1.807, 2.05) is 24.3 Å². The summed E-state index contributed by atoms with van der Waals surface area (Å²) in [5.41, 5.74) is 2.25. The molecule has 0 aliphatic heterocycles. The smallest absolute Gasteiger partial charge is 0.328 e. The summed E-state index contributed by atoms with van der Waals surface area (Å²) in [6.07, 6.45) is 3.89. The maximum atomic E-state index is 11.7. The minimum Gasteiger partial charge on any atom is -0.493 e. The van der Waals surface area contributed by atoms with E-state index in [0.29, 0.717) is 10.0 Å². The molecule has 0 unspecified atom stereocenters. The molecule has 0 radical (unpaired) electrons. The summed E-state index contributed by atoms with van der Waals surface area (Å²) >= 11 is 12.3. The van der Waals surface area contributed by atoms with E-state index >= 15 is 0 Å². The average molecular weight is 362 g/mol. The van der Waals surface area contributed by atoms with Gasteiger partial charge in [0.1, 0.15) is 0 Å². The SMILES string of the molecule is O=c1[nH]cc(O)n1[C@H]1C[C@@H]1c1ccc(-c2cccc(Cl)c2Cl)nc1. The molecule has 2 heterocycles. The van der Waals surface area contributed by atoms with Crippen LogP contribution >= 0.6 is 23.2 Å². The molecule has 5 nitrogen and oxygen atoms in total. The zero-order valence-electron chi connectivity index (χ0n) is 12.4. The molecule has 2 aromatic heterocycles. The van der Waals surface area contributed by atoms with Gasteiger partial charge >= 0.3 is 5.69 Å². The number of nitrogens with zero attached hydrogens (tertiary/aromatic N) is 2. The van der Waals surface area contributed by atoms with Crippen molar-refractivity contribution in [2.45, 2.75) is 18.4 Å². The summed E-state index contributed by atoms with van der Waals surface area (Å²) in [6.45, 7) is 0. The maximum Gasteiger partial charge on any atom is 0.328 e. The number of hydrogen-bond acceptors (Lipinski definition) is 3.